The predicted molar refractivity (Wildman–Crippen MR) is 70.7 cm³/mol. The third-order valence-electron chi connectivity index (χ3n) is 2.39. The van der Waals surface area contributed by atoms with E-state index in [-0.39, 0.29) is 0 Å². The molecule has 0 fully saturated rings. The van der Waals surface area contributed by atoms with Crippen molar-refractivity contribution >= 4 is 16.7 Å². The summed E-state index contributed by atoms with van der Waals surface area (Å²) in [4.78, 5) is 0. The van der Waals surface area contributed by atoms with Crippen LogP contribution in [0.3, 0.4) is 0 Å². The standard InChI is InChI=1S/C14H12O2S/c15-17(16)11-14(12-7-3-1-4-8-12)13-9-5-2-6-10-13/h1-11H,(H,15,16). The quantitative estimate of drug-likeness (QED) is 0.841. The molecule has 2 nitrogen and oxygen atoms in total. The van der Waals surface area contributed by atoms with Crippen LogP contribution in [0.5, 0.6) is 0 Å². The summed E-state index contributed by atoms with van der Waals surface area (Å²) in [7, 11) is 0. The average molecular weight is 244 g/mol. The smallest absolute Gasteiger partial charge is 0.179 e. The minimum Gasteiger partial charge on any atom is -0.303 e. The molecule has 0 aromatic heterocycles. The van der Waals surface area contributed by atoms with Crippen LogP contribution in [0.4, 0.5) is 0 Å². The van der Waals surface area contributed by atoms with Gasteiger partial charge >= 0.3 is 0 Å². The molecule has 0 aliphatic carbocycles. The van der Waals surface area contributed by atoms with Gasteiger partial charge in [-0.15, -0.1) is 0 Å². The van der Waals surface area contributed by atoms with E-state index in [9.17, 15) is 4.21 Å². The second-order valence-corrected chi connectivity index (χ2v) is 4.33. The van der Waals surface area contributed by atoms with Crippen molar-refractivity contribution in [3.63, 3.8) is 0 Å². The maximum atomic E-state index is 11.0. The molecule has 0 aliphatic rings. The summed E-state index contributed by atoms with van der Waals surface area (Å²) in [5.74, 6) is 0. The number of hydrogen-bond donors (Lipinski definition) is 1. The van der Waals surface area contributed by atoms with Gasteiger partial charge in [-0.05, 0) is 11.1 Å². The van der Waals surface area contributed by atoms with E-state index < -0.39 is 11.1 Å². The molecule has 1 unspecified atom stereocenters. The summed E-state index contributed by atoms with van der Waals surface area (Å²) < 4.78 is 20.0. The van der Waals surface area contributed by atoms with Crippen LogP contribution in [0.25, 0.3) is 5.57 Å². The van der Waals surface area contributed by atoms with Crippen LogP contribution in [0, 0.1) is 0 Å². The van der Waals surface area contributed by atoms with E-state index in [2.05, 4.69) is 0 Å². The van der Waals surface area contributed by atoms with Gasteiger partial charge in [0.05, 0.1) is 0 Å². The van der Waals surface area contributed by atoms with Gasteiger partial charge in [0.1, 0.15) is 0 Å². The van der Waals surface area contributed by atoms with Gasteiger partial charge in [-0.2, -0.15) is 0 Å². The molecule has 2 rings (SSSR count). The van der Waals surface area contributed by atoms with Gasteiger partial charge in [-0.3, -0.25) is 0 Å². The molecule has 0 spiro atoms. The number of rotatable bonds is 3. The van der Waals surface area contributed by atoms with E-state index in [1.54, 1.807) is 0 Å². The van der Waals surface area contributed by atoms with Gasteiger partial charge in [0, 0.05) is 11.0 Å². The second-order valence-electron chi connectivity index (χ2n) is 3.54. The molecule has 17 heavy (non-hydrogen) atoms. The molecule has 0 saturated heterocycles. The van der Waals surface area contributed by atoms with Gasteiger partial charge in [0.15, 0.2) is 11.1 Å². The van der Waals surface area contributed by atoms with Crippen molar-refractivity contribution in [3.05, 3.63) is 77.2 Å². The Morgan fingerprint density at radius 2 is 1.29 bits per heavy atom. The van der Waals surface area contributed by atoms with Crippen LogP contribution >= 0.6 is 0 Å². The molecule has 3 heteroatoms. The summed E-state index contributed by atoms with van der Waals surface area (Å²) in [6.07, 6.45) is 0. The molecular weight excluding hydrogens is 232 g/mol. The molecule has 0 heterocycles. The summed E-state index contributed by atoms with van der Waals surface area (Å²) in [5.41, 5.74) is 2.63. The molecule has 0 amide bonds. The maximum Gasteiger partial charge on any atom is 0.179 e. The van der Waals surface area contributed by atoms with E-state index in [1.165, 1.54) is 5.41 Å². The fourth-order valence-electron chi connectivity index (χ4n) is 1.64. The maximum absolute atomic E-state index is 11.0. The SMILES string of the molecule is O=S(O)C=C(c1ccccc1)c1ccccc1. The van der Waals surface area contributed by atoms with Crippen molar-refractivity contribution in [1.82, 2.24) is 0 Å². The number of hydrogen-bond acceptors (Lipinski definition) is 1. The van der Waals surface area contributed by atoms with E-state index in [0.717, 1.165) is 16.7 Å². The summed E-state index contributed by atoms with van der Waals surface area (Å²) in [6.45, 7) is 0. The van der Waals surface area contributed by atoms with Crippen LogP contribution in [0.2, 0.25) is 0 Å². The Morgan fingerprint density at radius 3 is 1.65 bits per heavy atom. The summed E-state index contributed by atoms with van der Waals surface area (Å²) >= 11 is -1.96. The lowest BCUT2D eigenvalue weighted by atomic mass is 10.00. The molecule has 1 N–H and O–H groups in total. The molecule has 1 atom stereocenters. The summed E-state index contributed by atoms with van der Waals surface area (Å²) in [5, 5.41) is 1.35. The van der Waals surface area contributed by atoms with Gasteiger partial charge in [0.25, 0.3) is 0 Å². The molecule has 2 aromatic carbocycles. The predicted octanol–water partition coefficient (Wildman–Crippen LogP) is 3.30. The molecule has 0 radical (unpaired) electrons. The summed E-state index contributed by atoms with van der Waals surface area (Å²) in [6, 6.07) is 19.2. The van der Waals surface area contributed by atoms with Crippen LogP contribution in [0.15, 0.2) is 66.1 Å². The second kappa shape index (κ2) is 5.57. The molecular formula is C14H12O2S. The van der Waals surface area contributed by atoms with E-state index in [1.807, 2.05) is 60.7 Å². The van der Waals surface area contributed by atoms with Crippen molar-refractivity contribution in [2.24, 2.45) is 0 Å². The first kappa shape index (κ1) is 11.8. The molecule has 2 aromatic rings. The zero-order valence-electron chi connectivity index (χ0n) is 9.11. The minimum atomic E-state index is -1.96. The van der Waals surface area contributed by atoms with Gasteiger partial charge < -0.3 is 4.55 Å². The Hall–Kier alpha value is -1.71. The first-order valence-electron chi connectivity index (χ1n) is 5.19. The lowest BCUT2D eigenvalue weighted by molar-refractivity contribution is 0.574. The Bertz CT molecular complexity index is 491. The highest BCUT2D eigenvalue weighted by atomic mass is 32.2. The van der Waals surface area contributed by atoms with Crippen LogP contribution in [-0.2, 0) is 11.1 Å². The van der Waals surface area contributed by atoms with Crippen molar-refractivity contribution in [3.8, 4) is 0 Å². The third kappa shape index (κ3) is 3.12. The van der Waals surface area contributed by atoms with E-state index in [4.69, 9.17) is 4.55 Å². The zero-order chi connectivity index (χ0) is 12.1. The molecule has 0 aliphatic heterocycles. The van der Waals surface area contributed by atoms with E-state index in [0.29, 0.717) is 0 Å². The normalized spacial score (nSPS) is 11.8. The van der Waals surface area contributed by atoms with Crippen molar-refractivity contribution in [1.29, 1.82) is 0 Å². The minimum absolute atomic E-state index is 0.770. The molecule has 0 saturated carbocycles. The molecule has 86 valence electrons. The van der Waals surface area contributed by atoms with Gasteiger partial charge in [-0.1, -0.05) is 60.7 Å². The first-order valence-corrected chi connectivity index (χ1v) is 6.36. The fourth-order valence-corrected chi connectivity index (χ4v) is 2.11. The van der Waals surface area contributed by atoms with Crippen LogP contribution < -0.4 is 0 Å². The lowest BCUT2D eigenvalue weighted by Crippen LogP contribution is -1.90. The fraction of sp³-hybridized carbons (Fsp3) is 0. The van der Waals surface area contributed by atoms with Crippen molar-refractivity contribution < 1.29 is 8.76 Å². The van der Waals surface area contributed by atoms with Gasteiger partial charge in [-0.25, -0.2) is 4.21 Å². The number of benzene rings is 2. The Balaban J connectivity index is 2.51. The third-order valence-corrected chi connectivity index (χ3v) is 2.83. The average Bonchev–Trinajstić information content (AvgIpc) is 2.38. The van der Waals surface area contributed by atoms with Gasteiger partial charge in [0.2, 0.25) is 0 Å². The van der Waals surface area contributed by atoms with Crippen LogP contribution in [0.1, 0.15) is 11.1 Å². The van der Waals surface area contributed by atoms with Crippen molar-refractivity contribution in [2.45, 2.75) is 0 Å². The zero-order valence-corrected chi connectivity index (χ0v) is 9.93. The lowest BCUT2D eigenvalue weighted by Gasteiger charge is -2.07. The van der Waals surface area contributed by atoms with E-state index >= 15 is 0 Å². The van der Waals surface area contributed by atoms with Crippen molar-refractivity contribution in [2.75, 3.05) is 0 Å². The Labute approximate surface area is 103 Å². The largest absolute Gasteiger partial charge is 0.303 e. The highest BCUT2D eigenvalue weighted by molar-refractivity contribution is 7.82. The Kier molecular flexibility index (Phi) is 3.85. The van der Waals surface area contributed by atoms with Crippen LogP contribution in [-0.4, -0.2) is 8.76 Å². The first-order chi connectivity index (χ1) is 8.27. The monoisotopic (exact) mass is 244 g/mol. The topological polar surface area (TPSA) is 37.3 Å². The Morgan fingerprint density at radius 1 is 0.882 bits per heavy atom. The molecule has 0 bridgehead atoms. The highest BCUT2D eigenvalue weighted by Crippen LogP contribution is 2.23. The highest BCUT2D eigenvalue weighted by Gasteiger charge is 2.05.